The van der Waals surface area contributed by atoms with Crippen molar-refractivity contribution in [3.05, 3.63) is 57.9 Å². The Hall–Kier alpha value is -2.07. The molecule has 0 saturated heterocycles. The van der Waals surface area contributed by atoms with Crippen molar-refractivity contribution >= 4 is 23.2 Å². The Morgan fingerprint density at radius 3 is 2.36 bits per heavy atom. The molecule has 0 unspecified atom stereocenters. The fourth-order valence-electron chi connectivity index (χ4n) is 2.01. The third-order valence-electron chi connectivity index (χ3n) is 3.24. The molecule has 2 aromatic rings. The Balaban J connectivity index is 1.96. The predicted octanol–water partition coefficient (Wildman–Crippen LogP) is 4.42. The van der Waals surface area contributed by atoms with Crippen LogP contribution in [0.3, 0.4) is 0 Å². The zero-order chi connectivity index (χ0) is 16.3. The summed E-state index contributed by atoms with van der Waals surface area (Å²) < 4.78 is 18.9. The molecule has 0 aromatic heterocycles. The van der Waals surface area contributed by atoms with Crippen LogP contribution in [0, 0.1) is 26.6 Å². The van der Waals surface area contributed by atoms with Crippen molar-refractivity contribution in [2.75, 3.05) is 11.9 Å². The fourth-order valence-corrected chi connectivity index (χ4v) is 2.12. The number of halogens is 2. The Labute approximate surface area is 134 Å². The maximum Gasteiger partial charge on any atom is 0.262 e. The number of carbonyl (C=O) groups is 1. The smallest absolute Gasteiger partial charge is 0.262 e. The number of ether oxygens (including phenoxy) is 1. The lowest BCUT2D eigenvalue weighted by molar-refractivity contribution is -0.118. The zero-order valence-electron chi connectivity index (χ0n) is 12.7. The molecule has 22 heavy (non-hydrogen) atoms. The van der Waals surface area contributed by atoms with E-state index in [1.54, 1.807) is 31.2 Å². The summed E-state index contributed by atoms with van der Waals surface area (Å²) in [4.78, 5) is 11.8. The summed E-state index contributed by atoms with van der Waals surface area (Å²) in [6.07, 6.45) is 0. The average molecular weight is 322 g/mol. The Morgan fingerprint density at radius 2 is 1.77 bits per heavy atom. The highest BCUT2D eigenvalue weighted by Gasteiger charge is 2.08. The van der Waals surface area contributed by atoms with Gasteiger partial charge >= 0.3 is 0 Å². The van der Waals surface area contributed by atoms with Crippen LogP contribution in [0.5, 0.6) is 5.75 Å². The number of aryl methyl sites for hydroxylation is 3. The van der Waals surface area contributed by atoms with E-state index in [1.807, 2.05) is 13.8 Å². The van der Waals surface area contributed by atoms with Crippen molar-refractivity contribution in [3.8, 4) is 5.75 Å². The van der Waals surface area contributed by atoms with Crippen LogP contribution >= 0.6 is 11.6 Å². The van der Waals surface area contributed by atoms with E-state index in [0.717, 1.165) is 11.1 Å². The first-order chi connectivity index (χ1) is 10.4. The van der Waals surface area contributed by atoms with Crippen molar-refractivity contribution in [1.82, 2.24) is 0 Å². The molecule has 0 aliphatic heterocycles. The maximum absolute atomic E-state index is 13.4. The van der Waals surface area contributed by atoms with E-state index < -0.39 is 0 Å². The van der Waals surface area contributed by atoms with Crippen LogP contribution in [0.15, 0.2) is 30.3 Å². The maximum atomic E-state index is 13.4. The molecular formula is C17H17ClFNO2. The summed E-state index contributed by atoms with van der Waals surface area (Å²) >= 11 is 6.08. The lowest BCUT2D eigenvalue weighted by atomic mass is 10.1. The molecule has 0 heterocycles. The summed E-state index contributed by atoms with van der Waals surface area (Å²) in [5, 5.41) is 3.28. The van der Waals surface area contributed by atoms with Crippen molar-refractivity contribution in [2.45, 2.75) is 20.8 Å². The number of hydrogen-bond donors (Lipinski definition) is 1. The molecule has 5 heteroatoms. The zero-order valence-corrected chi connectivity index (χ0v) is 13.4. The van der Waals surface area contributed by atoms with Crippen molar-refractivity contribution in [3.63, 3.8) is 0 Å². The van der Waals surface area contributed by atoms with Gasteiger partial charge in [-0.15, -0.1) is 0 Å². The second-order valence-electron chi connectivity index (χ2n) is 5.17. The minimum Gasteiger partial charge on any atom is -0.484 e. The van der Waals surface area contributed by atoms with Crippen molar-refractivity contribution in [2.24, 2.45) is 0 Å². The van der Waals surface area contributed by atoms with Gasteiger partial charge in [0.2, 0.25) is 0 Å². The summed E-state index contributed by atoms with van der Waals surface area (Å²) in [5.41, 5.74) is 2.71. The first-order valence-corrected chi connectivity index (χ1v) is 7.20. The molecule has 0 aliphatic rings. The van der Waals surface area contributed by atoms with Gasteiger partial charge in [-0.2, -0.15) is 0 Å². The number of benzene rings is 2. The van der Waals surface area contributed by atoms with E-state index in [4.69, 9.17) is 16.3 Å². The van der Waals surface area contributed by atoms with Crippen LogP contribution in [0.2, 0.25) is 5.02 Å². The normalized spacial score (nSPS) is 10.4. The summed E-state index contributed by atoms with van der Waals surface area (Å²) in [7, 11) is 0. The Kier molecular flexibility index (Phi) is 5.03. The summed E-state index contributed by atoms with van der Waals surface area (Å²) in [6.45, 7) is 5.25. The molecule has 0 aliphatic carbocycles. The van der Waals surface area contributed by atoms with Gasteiger partial charge in [0.15, 0.2) is 6.61 Å². The SMILES string of the molecule is Cc1ccc(NC(=O)COc2cc(C)c(Cl)c(C)c2)cc1F. The van der Waals surface area contributed by atoms with Crippen LogP contribution < -0.4 is 10.1 Å². The van der Waals surface area contributed by atoms with Gasteiger partial charge in [0.25, 0.3) is 5.91 Å². The highest BCUT2D eigenvalue weighted by Crippen LogP contribution is 2.25. The molecule has 3 nitrogen and oxygen atoms in total. The van der Waals surface area contributed by atoms with Crippen LogP contribution in [0.4, 0.5) is 10.1 Å². The minimum absolute atomic E-state index is 0.157. The Bertz CT molecular complexity index is 693. The van der Waals surface area contributed by atoms with Gasteiger partial charge in [-0.1, -0.05) is 17.7 Å². The quantitative estimate of drug-likeness (QED) is 0.905. The van der Waals surface area contributed by atoms with Gasteiger partial charge in [-0.05, 0) is 61.7 Å². The number of hydrogen-bond acceptors (Lipinski definition) is 2. The van der Waals surface area contributed by atoms with E-state index in [-0.39, 0.29) is 18.3 Å². The van der Waals surface area contributed by atoms with Gasteiger partial charge in [0.1, 0.15) is 11.6 Å². The number of carbonyl (C=O) groups excluding carboxylic acids is 1. The molecule has 116 valence electrons. The number of amides is 1. The molecule has 2 aromatic carbocycles. The van der Waals surface area contributed by atoms with E-state index in [1.165, 1.54) is 6.07 Å². The molecule has 2 rings (SSSR count). The van der Waals surface area contributed by atoms with E-state index >= 15 is 0 Å². The van der Waals surface area contributed by atoms with Crippen LogP contribution in [0.25, 0.3) is 0 Å². The minimum atomic E-state index is -0.359. The molecule has 0 saturated carbocycles. The predicted molar refractivity (Wildman–Crippen MR) is 86.2 cm³/mol. The lowest BCUT2D eigenvalue weighted by Gasteiger charge is -2.10. The molecule has 0 radical (unpaired) electrons. The Morgan fingerprint density at radius 1 is 1.14 bits per heavy atom. The fraction of sp³-hybridized carbons (Fsp3) is 0.235. The van der Waals surface area contributed by atoms with E-state index in [2.05, 4.69) is 5.32 Å². The molecule has 0 spiro atoms. The number of rotatable bonds is 4. The second-order valence-corrected chi connectivity index (χ2v) is 5.55. The molecule has 0 bridgehead atoms. The van der Waals surface area contributed by atoms with Gasteiger partial charge in [-0.25, -0.2) is 4.39 Å². The number of nitrogens with one attached hydrogen (secondary N) is 1. The van der Waals surface area contributed by atoms with Gasteiger partial charge in [0.05, 0.1) is 0 Å². The topological polar surface area (TPSA) is 38.3 Å². The molecule has 0 atom stereocenters. The average Bonchev–Trinajstić information content (AvgIpc) is 2.46. The van der Waals surface area contributed by atoms with Gasteiger partial charge in [-0.3, -0.25) is 4.79 Å². The second kappa shape index (κ2) is 6.79. The van der Waals surface area contributed by atoms with Crippen LogP contribution in [-0.4, -0.2) is 12.5 Å². The standard InChI is InChI=1S/C17H17ClFNO2/c1-10-4-5-13(8-15(10)19)20-16(21)9-22-14-6-11(2)17(18)12(3)7-14/h4-8H,9H2,1-3H3,(H,20,21). The van der Waals surface area contributed by atoms with Crippen LogP contribution in [0.1, 0.15) is 16.7 Å². The summed E-state index contributed by atoms with van der Waals surface area (Å²) in [5.74, 6) is -0.138. The van der Waals surface area contributed by atoms with E-state index in [0.29, 0.717) is 22.0 Å². The number of anilines is 1. The van der Waals surface area contributed by atoms with E-state index in [9.17, 15) is 9.18 Å². The first-order valence-electron chi connectivity index (χ1n) is 6.82. The molecular weight excluding hydrogens is 305 g/mol. The largest absolute Gasteiger partial charge is 0.484 e. The lowest BCUT2D eigenvalue weighted by Crippen LogP contribution is -2.20. The highest BCUT2D eigenvalue weighted by molar-refractivity contribution is 6.32. The third-order valence-corrected chi connectivity index (χ3v) is 3.83. The molecule has 0 fully saturated rings. The monoisotopic (exact) mass is 321 g/mol. The van der Waals surface area contributed by atoms with Crippen LogP contribution in [-0.2, 0) is 4.79 Å². The van der Waals surface area contributed by atoms with Crippen molar-refractivity contribution in [1.29, 1.82) is 0 Å². The third kappa shape index (κ3) is 3.98. The summed E-state index contributed by atoms with van der Waals surface area (Å²) in [6, 6.07) is 8.08. The molecule has 1 N–H and O–H groups in total. The van der Waals surface area contributed by atoms with Gasteiger partial charge < -0.3 is 10.1 Å². The first kappa shape index (κ1) is 16.3. The molecule has 1 amide bonds. The van der Waals surface area contributed by atoms with Gasteiger partial charge in [0, 0.05) is 10.7 Å². The highest BCUT2D eigenvalue weighted by atomic mass is 35.5. The van der Waals surface area contributed by atoms with Crippen molar-refractivity contribution < 1.29 is 13.9 Å².